The van der Waals surface area contributed by atoms with Crippen LogP contribution in [0.2, 0.25) is 0 Å². The quantitative estimate of drug-likeness (QED) is 0.218. The van der Waals surface area contributed by atoms with Crippen molar-refractivity contribution in [3.8, 4) is 0 Å². The zero-order valence-electron chi connectivity index (χ0n) is 22.3. The summed E-state index contributed by atoms with van der Waals surface area (Å²) in [7, 11) is 2.58. The Kier molecular flexibility index (Phi) is 8.51. The van der Waals surface area contributed by atoms with Gasteiger partial charge < -0.3 is 20.0 Å². The summed E-state index contributed by atoms with van der Waals surface area (Å²) in [5.41, 5.74) is -2.85. The molecule has 0 aromatic carbocycles. The highest BCUT2D eigenvalue weighted by Crippen LogP contribution is 2.45. The van der Waals surface area contributed by atoms with Gasteiger partial charge in [0, 0.05) is 62.1 Å². The largest absolute Gasteiger partial charge is 0.480 e. The van der Waals surface area contributed by atoms with Crippen molar-refractivity contribution >= 4 is 68.5 Å². The molecule has 0 radical (unpaired) electrons. The molecule has 4 atom stereocenters. The van der Waals surface area contributed by atoms with Crippen LogP contribution in [0.1, 0.15) is 52.4 Å². The van der Waals surface area contributed by atoms with Crippen LogP contribution in [0.4, 0.5) is 0 Å². The molecule has 0 aromatic rings. The van der Waals surface area contributed by atoms with E-state index in [-0.39, 0.29) is 86.3 Å². The van der Waals surface area contributed by atoms with Gasteiger partial charge in [0.05, 0.1) is 0 Å². The van der Waals surface area contributed by atoms with E-state index in [4.69, 9.17) is 0 Å². The maximum absolute atomic E-state index is 13.1. The Labute approximate surface area is 238 Å². The van der Waals surface area contributed by atoms with Crippen molar-refractivity contribution in [2.45, 2.75) is 64.5 Å². The molecule has 2 saturated carbocycles. The number of carbonyl (C=O) groups excluding carboxylic acids is 6. The van der Waals surface area contributed by atoms with Gasteiger partial charge in [-0.2, -0.15) is 0 Å². The Hall–Kier alpha value is -2.74. The number of hydrogen-bond donors (Lipinski definition) is 2. The topological polar surface area (TPSA) is 183 Å². The molecule has 14 heteroatoms. The number of Topliss-reactive ketones (excluding diaryl/α,β-unsaturated/α-hetero) is 4. The third kappa shape index (κ3) is 5.08. The fourth-order valence-corrected chi connectivity index (χ4v) is 8.94. The number of amides is 2. The zero-order chi connectivity index (χ0) is 29.6. The number of carboxylic acid groups (broad SMARTS) is 2. The van der Waals surface area contributed by atoms with Gasteiger partial charge in [0.25, 0.3) is 0 Å². The van der Waals surface area contributed by atoms with E-state index < -0.39 is 58.5 Å². The summed E-state index contributed by atoms with van der Waals surface area (Å²) in [6.45, 7) is 2.81. The molecule has 2 amide bonds. The molecular formula is C26H32N2O10S2. The van der Waals surface area contributed by atoms with Gasteiger partial charge in [-0.15, -0.1) is 0 Å². The summed E-state index contributed by atoms with van der Waals surface area (Å²) in [6, 6.07) is -2.50. The van der Waals surface area contributed by atoms with Gasteiger partial charge in [-0.3, -0.25) is 28.8 Å². The normalized spacial score (nSPS) is 26.8. The highest BCUT2D eigenvalue weighted by atomic mass is 33.1. The molecular weight excluding hydrogens is 564 g/mol. The molecule has 2 spiro atoms. The Bertz CT molecular complexity index is 1060. The first-order valence-electron chi connectivity index (χ1n) is 13.2. The van der Waals surface area contributed by atoms with Crippen LogP contribution in [0.5, 0.6) is 0 Å². The maximum atomic E-state index is 13.1. The Balaban J connectivity index is 1.30. The van der Waals surface area contributed by atoms with E-state index in [2.05, 4.69) is 0 Å². The summed E-state index contributed by atoms with van der Waals surface area (Å²) in [6.07, 6.45) is -0.165. The number of carboxylic acids is 2. The van der Waals surface area contributed by atoms with Gasteiger partial charge in [-0.1, -0.05) is 35.4 Å². The van der Waals surface area contributed by atoms with Crippen molar-refractivity contribution < 1.29 is 48.6 Å². The molecule has 2 heterocycles. The van der Waals surface area contributed by atoms with Gasteiger partial charge in [-0.05, 0) is 12.8 Å². The highest BCUT2D eigenvalue weighted by molar-refractivity contribution is 8.76. The summed E-state index contributed by atoms with van der Waals surface area (Å²) < 4.78 is 0. The predicted octanol–water partition coefficient (Wildman–Crippen LogP) is 0.848. The molecule has 2 unspecified atom stereocenters. The minimum atomic E-state index is -1.42. The average molecular weight is 597 g/mol. The fourth-order valence-electron chi connectivity index (χ4n) is 6.26. The number of ketones is 4. The standard InChI is InChI=1S/C26H32N2O10S2/c1-13(21(33)27-11-25(7-15(27)23(35)36)17(29)3-4-18(25)30)9-39-40-10-14(2)22(34)28-12-26(8-16(28)24(37)38)19(31)5-6-20(26)32/h13-16H,3-12H2,1-2H3,(H,35,36)(H,37,38)/t13?,14?,15-,16-/m0/s1. The van der Waals surface area contributed by atoms with Crippen molar-refractivity contribution in [1.82, 2.24) is 9.80 Å². The smallest absolute Gasteiger partial charge is 0.326 e. The van der Waals surface area contributed by atoms with Crippen LogP contribution in [0.15, 0.2) is 0 Å². The van der Waals surface area contributed by atoms with Crippen LogP contribution in [0.3, 0.4) is 0 Å². The molecule has 2 N–H and O–H groups in total. The summed E-state index contributed by atoms with van der Waals surface area (Å²) in [5, 5.41) is 19.3. The summed E-state index contributed by atoms with van der Waals surface area (Å²) in [5.74, 6) is -5.41. The first-order chi connectivity index (χ1) is 18.7. The van der Waals surface area contributed by atoms with E-state index in [0.717, 1.165) is 9.80 Å². The van der Waals surface area contributed by atoms with Gasteiger partial charge in [0.15, 0.2) is 0 Å². The monoisotopic (exact) mass is 596 g/mol. The van der Waals surface area contributed by atoms with Gasteiger partial charge in [-0.25, -0.2) is 9.59 Å². The van der Waals surface area contributed by atoms with E-state index in [9.17, 15) is 48.6 Å². The van der Waals surface area contributed by atoms with Crippen molar-refractivity contribution in [2.24, 2.45) is 22.7 Å². The summed E-state index contributed by atoms with van der Waals surface area (Å²) in [4.78, 5) is 102. The van der Waals surface area contributed by atoms with Crippen LogP contribution in [0, 0.1) is 22.7 Å². The molecule has 4 fully saturated rings. The second-order valence-corrected chi connectivity index (χ2v) is 13.8. The Morgan fingerprint density at radius 3 is 1.27 bits per heavy atom. The number of carbonyl (C=O) groups is 8. The van der Waals surface area contributed by atoms with E-state index >= 15 is 0 Å². The first-order valence-corrected chi connectivity index (χ1v) is 15.7. The van der Waals surface area contributed by atoms with Crippen molar-refractivity contribution in [3.05, 3.63) is 0 Å². The molecule has 2 aliphatic carbocycles. The van der Waals surface area contributed by atoms with E-state index in [1.54, 1.807) is 13.8 Å². The third-order valence-corrected chi connectivity index (χ3v) is 11.5. The lowest BCUT2D eigenvalue weighted by molar-refractivity contribution is -0.149. The molecule has 0 aromatic heterocycles. The molecule has 2 aliphatic heterocycles. The summed E-state index contributed by atoms with van der Waals surface area (Å²) >= 11 is 0. The number of hydrogen-bond acceptors (Lipinski definition) is 10. The SMILES string of the molecule is CC(CSSCC(C)C(=O)N1CC2(C[C@H]1C(=O)O)C(=O)CCC2=O)C(=O)N1CC2(C[C@H]1C(=O)O)C(=O)CCC2=O. The van der Waals surface area contributed by atoms with Gasteiger partial charge in [0.1, 0.15) is 46.0 Å². The van der Waals surface area contributed by atoms with Crippen LogP contribution >= 0.6 is 21.6 Å². The number of aliphatic carboxylic acids is 2. The molecule has 12 nitrogen and oxygen atoms in total. The van der Waals surface area contributed by atoms with Gasteiger partial charge in [0.2, 0.25) is 11.8 Å². The Morgan fingerprint density at radius 2 is 1.00 bits per heavy atom. The predicted molar refractivity (Wildman–Crippen MR) is 142 cm³/mol. The molecule has 218 valence electrons. The first kappa shape index (κ1) is 30.2. The highest BCUT2D eigenvalue weighted by Gasteiger charge is 2.60. The van der Waals surface area contributed by atoms with Crippen LogP contribution in [-0.2, 0) is 38.4 Å². The maximum Gasteiger partial charge on any atom is 0.326 e. The lowest BCUT2D eigenvalue weighted by Crippen LogP contribution is -2.44. The van der Waals surface area contributed by atoms with Gasteiger partial charge >= 0.3 is 11.9 Å². The minimum Gasteiger partial charge on any atom is -0.480 e. The zero-order valence-corrected chi connectivity index (χ0v) is 23.9. The molecule has 40 heavy (non-hydrogen) atoms. The average Bonchev–Trinajstić information content (AvgIpc) is 3.65. The van der Waals surface area contributed by atoms with Crippen molar-refractivity contribution in [3.63, 3.8) is 0 Å². The van der Waals surface area contributed by atoms with Crippen LogP contribution in [-0.4, -0.2) is 104 Å². The Morgan fingerprint density at radius 1 is 0.700 bits per heavy atom. The molecule has 4 rings (SSSR count). The number of likely N-dealkylation sites (tertiary alicyclic amines) is 2. The third-order valence-electron chi connectivity index (χ3n) is 8.71. The second kappa shape index (κ2) is 11.3. The fraction of sp³-hybridized carbons (Fsp3) is 0.692. The van der Waals surface area contributed by atoms with E-state index in [1.165, 1.54) is 21.6 Å². The van der Waals surface area contributed by atoms with Crippen LogP contribution < -0.4 is 0 Å². The van der Waals surface area contributed by atoms with E-state index in [1.807, 2.05) is 0 Å². The number of nitrogens with zero attached hydrogens (tertiary/aromatic N) is 2. The minimum absolute atomic E-state index is 0.0599. The lowest BCUT2D eigenvalue weighted by Gasteiger charge is -2.26. The second-order valence-electron chi connectivity index (χ2n) is 11.3. The van der Waals surface area contributed by atoms with Crippen molar-refractivity contribution in [2.75, 3.05) is 24.6 Å². The van der Waals surface area contributed by atoms with Crippen molar-refractivity contribution in [1.29, 1.82) is 0 Å². The molecule has 4 aliphatic rings. The molecule has 2 saturated heterocycles. The lowest BCUT2D eigenvalue weighted by atomic mass is 9.82. The van der Waals surface area contributed by atoms with E-state index in [0.29, 0.717) is 0 Å². The molecule has 0 bridgehead atoms. The van der Waals surface area contributed by atoms with Crippen LogP contribution in [0.25, 0.3) is 0 Å². The number of rotatable bonds is 9.